The maximum absolute atomic E-state index is 17.2. The van der Waals surface area contributed by atoms with Gasteiger partial charge in [-0.2, -0.15) is 0 Å². The number of unbranched alkanes of at least 4 members (excludes halogenated alkanes) is 11. The molecule has 5 aromatic rings. The van der Waals surface area contributed by atoms with Gasteiger partial charge in [-0.05, 0) is 34.2 Å². The van der Waals surface area contributed by atoms with Gasteiger partial charge in [-0.15, -0.1) is 0 Å². The van der Waals surface area contributed by atoms with Gasteiger partial charge < -0.3 is 38.9 Å². The Morgan fingerprint density at radius 3 is 1.38 bits per heavy atom. The Bertz CT molecular complexity index is 1980. The monoisotopic (exact) mass is 932 g/mol. The first-order chi connectivity index (χ1) is 33.6. The van der Waals surface area contributed by atoms with Gasteiger partial charge in [0.2, 0.25) is 0 Å². The minimum atomic E-state index is -1.72. The van der Waals surface area contributed by atoms with Crippen molar-refractivity contribution in [3.05, 3.63) is 179 Å². The fourth-order valence-electron chi connectivity index (χ4n) is 8.81. The molecule has 2 N–H and O–H groups in total. The van der Waals surface area contributed by atoms with Gasteiger partial charge in [0, 0.05) is 0 Å². The fraction of sp³-hybridized carbons (Fsp3) is 0.492. The first-order valence-electron chi connectivity index (χ1n) is 25.5. The molecular formula is C59H78FNO7. The summed E-state index contributed by atoms with van der Waals surface area (Å²) in [6, 6.07) is 49.1. The maximum Gasteiger partial charge on any atom is 0.192 e. The van der Waals surface area contributed by atoms with Crippen LogP contribution < -0.4 is 5.73 Å². The summed E-state index contributed by atoms with van der Waals surface area (Å²) in [5, 5.41) is 0. The van der Waals surface area contributed by atoms with E-state index in [1.165, 1.54) is 64.2 Å². The molecule has 368 valence electrons. The lowest BCUT2D eigenvalue weighted by atomic mass is 9.98. The first-order valence-corrected chi connectivity index (χ1v) is 25.5. The van der Waals surface area contributed by atoms with Crippen LogP contribution in [0.4, 0.5) is 4.39 Å². The van der Waals surface area contributed by atoms with E-state index in [2.05, 4.69) is 19.1 Å². The van der Waals surface area contributed by atoms with Crippen LogP contribution in [0, 0.1) is 0 Å². The zero-order chi connectivity index (χ0) is 47.3. The summed E-state index contributed by atoms with van der Waals surface area (Å²) in [6.07, 6.45) is 9.38. The van der Waals surface area contributed by atoms with Crippen LogP contribution >= 0.6 is 0 Å². The number of halogens is 1. The molecule has 0 bridgehead atoms. The van der Waals surface area contributed by atoms with E-state index in [9.17, 15) is 0 Å². The number of nitrogens with two attached hydrogens (primary N) is 1. The van der Waals surface area contributed by atoms with E-state index in [1.807, 2.05) is 140 Å². The van der Waals surface area contributed by atoms with Crippen molar-refractivity contribution in [3.8, 4) is 0 Å². The largest absolute Gasteiger partial charge is 0.374 e. The number of alkyl halides is 1. The molecular weight excluding hydrogens is 854 g/mol. The van der Waals surface area contributed by atoms with Gasteiger partial charge in [-0.25, -0.2) is 4.39 Å². The lowest BCUT2D eigenvalue weighted by Crippen LogP contribution is -2.60. The predicted octanol–water partition coefficient (Wildman–Crippen LogP) is 13.0. The molecule has 0 spiro atoms. The van der Waals surface area contributed by atoms with E-state index in [0.29, 0.717) is 19.8 Å². The average Bonchev–Trinajstić information content (AvgIpc) is 3.38. The number of hydrogen-bond donors (Lipinski definition) is 1. The van der Waals surface area contributed by atoms with Crippen LogP contribution in [0.15, 0.2) is 152 Å². The summed E-state index contributed by atoms with van der Waals surface area (Å²) >= 11 is 0. The SMILES string of the molecule is CCCCCCCCCCCCCC[C@@H](OCc1ccccc1)[C@@H](OCc1ccccc1)[C@@H](N)CO[C@H]1O[C@H](COCc2ccccc2)[C@H](OCc2ccccc2)[C@H](OCc2ccccc2)[C@H]1F. The van der Waals surface area contributed by atoms with Gasteiger partial charge in [0.15, 0.2) is 12.5 Å². The average molecular weight is 932 g/mol. The molecule has 0 aromatic heterocycles. The second-order valence-corrected chi connectivity index (χ2v) is 18.3. The third kappa shape index (κ3) is 19.2. The van der Waals surface area contributed by atoms with Crippen molar-refractivity contribution in [3.63, 3.8) is 0 Å². The number of rotatable bonds is 34. The molecule has 9 heteroatoms. The molecule has 0 aliphatic carbocycles. The van der Waals surface area contributed by atoms with Gasteiger partial charge in [0.1, 0.15) is 24.4 Å². The quantitative estimate of drug-likeness (QED) is 0.0408. The van der Waals surface area contributed by atoms with Gasteiger partial charge in [-0.1, -0.05) is 236 Å². The predicted molar refractivity (Wildman–Crippen MR) is 269 cm³/mol. The van der Waals surface area contributed by atoms with E-state index in [0.717, 1.165) is 47.1 Å². The molecule has 0 radical (unpaired) electrons. The standard InChI is InChI=1S/C59H78FNO7/c1-2-3-4-5-6-7-8-9-10-11-12-28-39-53(63-41-48-31-20-14-21-32-48)56(64-42-49-33-22-15-23-34-49)52(61)45-67-59-55(60)58(66-44-51-37-26-17-27-38-51)57(65-43-50-35-24-16-25-36-50)54(68-59)46-62-40-47-29-18-13-19-30-47/h13-27,29-38,52-59H,2-12,28,39-46,61H2,1H3/t52-,53+,54+,55+,56-,57-,58+,59-/m0/s1. The zero-order valence-electron chi connectivity index (χ0n) is 40.5. The maximum atomic E-state index is 17.2. The minimum Gasteiger partial charge on any atom is -0.374 e. The topological polar surface area (TPSA) is 90.6 Å². The molecule has 1 heterocycles. The van der Waals surface area contributed by atoms with Gasteiger partial charge in [0.25, 0.3) is 0 Å². The van der Waals surface area contributed by atoms with Crippen LogP contribution in [0.2, 0.25) is 0 Å². The van der Waals surface area contributed by atoms with Crippen molar-refractivity contribution in [2.75, 3.05) is 13.2 Å². The highest BCUT2D eigenvalue weighted by molar-refractivity contribution is 5.17. The van der Waals surface area contributed by atoms with E-state index >= 15 is 4.39 Å². The molecule has 8 nitrogen and oxygen atoms in total. The molecule has 8 atom stereocenters. The number of ether oxygens (including phenoxy) is 7. The number of benzene rings is 5. The highest BCUT2D eigenvalue weighted by Gasteiger charge is 2.49. The number of hydrogen-bond acceptors (Lipinski definition) is 8. The summed E-state index contributed by atoms with van der Waals surface area (Å²) in [4.78, 5) is 0. The normalized spacial score (nSPS) is 19.7. The fourth-order valence-corrected chi connectivity index (χ4v) is 8.81. The smallest absolute Gasteiger partial charge is 0.192 e. The van der Waals surface area contributed by atoms with Crippen molar-refractivity contribution < 1.29 is 37.5 Å². The first kappa shape index (κ1) is 53.1. The minimum absolute atomic E-state index is 0.0489. The Hall–Kier alpha value is -4.29. The molecule has 6 rings (SSSR count). The molecule has 68 heavy (non-hydrogen) atoms. The van der Waals surface area contributed by atoms with Crippen molar-refractivity contribution in [2.24, 2.45) is 5.73 Å². The van der Waals surface area contributed by atoms with Crippen molar-refractivity contribution in [2.45, 2.75) is 172 Å². The van der Waals surface area contributed by atoms with Crippen molar-refractivity contribution in [1.82, 2.24) is 0 Å². The van der Waals surface area contributed by atoms with Gasteiger partial charge in [0.05, 0.1) is 58.4 Å². The van der Waals surface area contributed by atoms with E-state index in [1.54, 1.807) is 0 Å². The summed E-state index contributed by atoms with van der Waals surface area (Å²) in [5.41, 5.74) is 12.1. The van der Waals surface area contributed by atoms with E-state index in [4.69, 9.17) is 38.9 Å². The summed E-state index contributed by atoms with van der Waals surface area (Å²) < 4.78 is 63.0. The Labute approximate surface area is 407 Å². The summed E-state index contributed by atoms with van der Waals surface area (Å²) in [6.45, 7) is 3.86. The molecule has 1 aliphatic rings. The second-order valence-electron chi connectivity index (χ2n) is 18.3. The lowest BCUT2D eigenvalue weighted by Gasteiger charge is -2.43. The summed E-state index contributed by atoms with van der Waals surface area (Å²) in [5.74, 6) is 0. The Morgan fingerprint density at radius 1 is 0.485 bits per heavy atom. The van der Waals surface area contributed by atoms with Crippen LogP contribution in [0.3, 0.4) is 0 Å². The molecule has 5 aromatic carbocycles. The Balaban J connectivity index is 1.16. The van der Waals surface area contributed by atoms with Crippen LogP contribution in [-0.4, -0.2) is 62.2 Å². The van der Waals surface area contributed by atoms with Gasteiger partial charge in [-0.3, -0.25) is 0 Å². The van der Waals surface area contributed by atoms with E-state index in [-0.39, 0.29) is 32.5 Å². The molecule has 0 amide bonds. The highest BCUT2D eigenvalue weighted by atomic mass is 19.1. The third-order valence-electron chi connectivity index (χ3n) is 12.7. The Morgan fingerprint density at radius 2 is 0.897 bits per heavy atom. The van der Waals surface area contributed by atoms with Crippen LogP contribution in [0.5, 0.6) is 0 Å². The van der Waals surface area contributed by atoms with Crippen LogP contribution in [-0.2, 0) is 66.2 Å². The van der Waals surface area contributed by atoms with Gasteiger partial charge >= 0.3 is 0 Å². The second kappa shape index (κ2) is 31.8. The van der Waals surface area contributed by atoms with Crippen LogP contribution in [0.1, 0.15) is 118 Å². The summed E-state index contributed by atoms with van der Waals surface area (Å²) in [7, 11) is 0. The third-order valence-corrected chi connectivity index (χ3v) is 12.7. The molecule has 1 saturated heterocycles. The van der Waals surface area contributed by atoms with Crippen molar-refractivity contribution in [1.29, 1.82) is 0 Å². The highest BCUT2D eigenvalue weighted by Crippen LogP contribution is 2.32. The lowest BCUT2D eigenvalue weighted by molar-refractivity contribution is -0.307. The van der Waals surface area contributed by atoms with E-state index < -0.39 is 42.9 Å². The molecule has 1 aliphatic heterocycles. The molecule has 1 fully saturated rings. The van der Waals surface area contributed by atoms with Crippen LogP contribution in [0.25, 0.3) is 0 Å². The Kier molecular flexibility index (Phi) is 24.8. The molecule has 0 unspecified atom stereocenters. The zero-order valence-corrected chi connectivity index (χ0v) is 40.5. The van der Waals surface area contributed by atoms with Crippen molar-refractivity contribution >= 4 is 0 Å². The molecule has 0 saturated carbocycles.